The van der Waals surface area contributed by atoms with Crippen molar-refractivity contribution in [3.8, 4) is 5.75 Å². The molecule has 0 heterocycles. The van der Waals surface area contributed by atoms with Crippen LogP contribution in [0.1, 0.15) is 32.3 Å². The van der Waals surface area contributed by atoms with E-state index in [1.54, 1.807) is 13.8 Å². The molecule has 0 aliphatic heterocycles. The molecular weight excluding hydrogens is 278 g/mol. The van der Waals surface area contributed by atoms with Gasteiger partial charge in [-0.1, -0.05) is 0 Å². The van der Waals surface area contributed by atoms with Crippen LogP contribution in [0.3, 0.4) is 0 Å². The van der Waals surface area contributed by atoms with Crippen molar-refractivity contribution in [2.45, 2.75) is 45.3 Å². The highest BCUT2D eigenvalue weighted by Crippen LogP contribution is 2.24. The minimum Gasteiger partial charge on any atom is -0.478 e. The van der Waals surface area contributed by atoms with Crippen LogP contribution in [0.2, 0.25) is 0 Å². The van der Waals surface area contributed by atoms with Crippen LogP contribution in [0.5, 0.6) is 5.75 Å². The zero-order valence-electron chi connectivity index (χ0n) is 12.2. The van der Waals surface area contributed by atoms with Crippen LogP contribution in [-0.2, 0) is 11.3 Å². The third kappa shape index (κ3) is 4.97. The van der Waals surface area contributed by atoms with E-state index in [0.29, 0.717) is 18.2 Å². The van der Waals surface area contributed by atoms with Crippen molar-refractivity contribution in [1.29, 1.82) is 0 Å². The van der Waals surface area contributed by atoms with Crippen molar-refractivity contribution in [1.82, 2.24) is 10.6 Å². The van der Waals surface area contributed by atoms with E-state index in [1.165, 1.54) is 12.1 Å². The summed E-state index contributed by atoms with van der Waals surface area (Å²) >= 11 is 0. The summed E-state index contributed by atoms with van der Waals surface area (Å²) in [6.45, 7) is 3.60. The first kappa shape index (κ1) is 15.7. The van der Waals surface area contributed by atoms with Crippen LogP contribution in [0.4, 0.5) is 8.78 Å². The second-order valence-electron chi connectivity index (χ2n) is 5.55. The molecule has 1 aliphatic rings. The van der Waals surface area contributed by atoms with Crippen molar-refractivity contribution in [3.05, 3.63) is 29.3 Å². The van der Waals surface area contributed by atoms with Crippen LogP contribution in [0, 0.1) is 11.6 Å². The van der Waals surface area contributed by atoms with Crippen molar-refractivity contribution >= 4 is 5.91 Å². The monoisotopic (exact) mass is 298 g/mol. The van der Waals surface area contributed by atoms with Gasteiger partial charge in [-0.2, -0.15) is 0 Å². The fourth-order valence-corrected chi connectivity index (χ4v) is 1.90. The maximum Gasteiger partial charge on any atom is 0.258 e. The number of nitrogens with one attached hydrogen (secondary N) is 2. The van der Waals surface area contributed by atoms with Gasteiger partial charge in [0.25, 0.3) is 5.91 Å². The van der Waals surface area contributed by atoms with Gasteiger partial charge in [0.1, 0.15) is 0 Å². The van der Waals surface area contributed by atoms with E-state index in [0.717, 1.165) is 12.8 Å². The standard InChI is InChI=1S/C15H20F2N2O2/c1-9(2)19-14(20)8-21-15-12(16)5-10(6-13(15)17)7-18-11-3-4-11/h5-6,9,11,18H,3-4,7-8H2,1-2H3,(H,19,20). The molecule has 116 valence electrons. The lowest BCUT2D eigenvalue weighted by Gasteiger charge is -2.12. The van der Waals surface area contributed by atoms with Crippen LogP contribution < -0.4 is 15.4 Å². The molecule has 4 nitrogen and oxygen atoms in total. The van der Waals surface area contributed by atoms with E-state index >= 15 is 0 Å². The Morgan fingerprint density at radius 1 is 1.33 bits per heavy atom. The largest absolute Gasteiger partial charge is 0.478 e. The van der Waals surface area contributed by atoms with E-state index in [2.05, 4.69) is 10.6 Å². The Morgan fingerprint density at radius 3 is 2.48 bits per heavy atom. The fraction of sp³-hybridized carbons (Fsp3) is 0.533. The van der Waals surface area contributed by atoms with Crippen molar-refractivity contribution in [3.63, 3.8) is 0 Å². The lowest BCUT2D eigenvalue weighted by molar-refractivity contribution is -0.123. The van der Waals surface area contributed by atoms with Crippen molar-refractivity contribution in [2.75, 3.05) is 6.61 Å². The first-order valence-electron chi connectivity index (χ1n) is 7.09. The van der Waals surface area contributed by atoms with Gasteiger partial charge < -0.3 is 15.4 Å². The van der Waals surface area contributed by atoms with E-state index in [4.69, 9.17) is 4.74 Å². The molecule has 1 aliphatic carbocycles. The Balaban J connectivity index is 1.94. The Labute approximate surface area is 122 Å². The van der Waals surface area contributed by atoms with E-state index in [1.807, 2.05) is 0 Å². The molecule has 2 N–H and O–H groups in total. The number of rotatable bonds is 7. The van der Waals surface area contributed by atoms with Gasteiger partial charge in [0.05, 0.1) is 0 Å². The molecule has 0 spiro atoms. The Hall–Kier alpha value is -1.69. The molecule has 0 saturated heterocycles. The minimum atomic E-state index is -0.792. The normalized spacial score (nSPS) is 14.3. The molecule has 6 heteroatoms. The third-order valence-electron chi connectivity index (χ3n) is 3.03. The topological polar surface area (TPSA) is 50.4 Å². The van der Waals surface area contributed by atoms with Gasteiger partial charge >= 0.3 is 0 Å². The number of ether oxygens (including phenoxy) is 1. The predicted molar refractivity (Wildman–Crippen MR) is 75.0 cm³/mol. The molecule has 1 fully saturated rings. The molecule has 0 aromatic heterocycles. The lowest BCUT2D eigenvalue weighted by atomic mass is 10.2. The zero-order valence-corrected chi connectivity index (χ0v) is 12.2. The number of hydrogen-bond donors (Lipinski definition) is 2. The second kappa shape index (κ2) is 6.85. The summed E-state index contributed by atoms with van der Waals surface area (Å²) in [4.78, 5) is 11.4. The quantitative estimate of drug-likeness (QED) is 0.810. The SMILES string of the molecule is CC(C)NC(=O)COc1c(F)cc(CNC2CC2)cc1F. The summed E-state index contributed by atoms with van der Waals surface area (Å²) in [5.41, 5.74) is 0.524. The Kier molecular flexibility index (Phi) is 5.12. The molecule has 0 radical (unpaired) electrons. The average Bonchev–Trinajstić information content (AvgIpc) is 3.18. The van der Waals surface area contributed by atoms with Crippen LogP contribution >= 0.6 is 0 Å². The fourth-order valence-electron chi connectivity index (χ4n) is 1.90. The van der Waals surface area contributed by atoms with E-state index in [9.17, 15) is 13.6 Å². The van der Waals surface area contributed by atoms with Gasteiger partial charge in [-0.25, -0.2) is 8.78 Å². The zero-order chi connectivity index (χ0) is 15.4. The molecule has 1 aromatic carbocycles. The van der Waals surface area contributed by atoms with Crippen LogP contribution in [0.15, 0.2) is 12.1 Å². The van der Waals surface area contributed by atoms with Crippen molar-refractivity contribution in [2.24, 2.45) is 0 Å². The number of carbonyl (C=O) groups excluding carboxylic acids is 1. The molecule has 21 heavy (non-hydrogen) atoms. The van der Waals surface area contributed by atoms with Crippen LogP contribution in [0.25, 0.3) is 0 Å². The molecule has 1 aromatic rings. The number of hydrogen-bond acceptors (Lipinski definition) is 3. The molecule has 0 unspecified atom stereocenters. The maximum atomic E-state index is 13.8. The van der Waals surface area contributed by atoms with Gasteiger partial charge in [0, 0.05) is 18.6 Å². The highest BCUT2D eigenvalue weighted by atomic mass is 19.1. The summed E-state index contributed by atoms with van der Waals surface area (Å²) in [6.07, 6.45) is 2.22. The van der Waals surface area contributed by atoms with E-state index < -0.39 is 29.9 Å². The summed E-state index contributed by atoms with van der Waals surface area (Å²) in [6, 6.07) is 2.88. The van der Waals surface area contributed by atoms with Gasteiger partial charge in [-0.05, 0) is 44.4 Å². The van der Waals surface area contributed by atoms with Gasteiger partial charge in [-0.3, -0.25) is 4.79 Å². The molecule has 0 bridgehead atoms. The predicted octanol–water partition coefficient (Wildman–Crippen LogP) is 2.12. The first-order chi connectivity index (χ1) is 9.95. The first-order valence-corrected chi connectivity index (χ1v) is 7.09. The third-order valence-corrected chi connectivity index (χ3v) is 3.03. The van der Waals surface area contributed by atoms with Gasteiger partial charge in [0.2, 0.25) is 0 Å². The molecule has 0 atom stereocenters. The smallest absolute Gasteiger partial charge is 0.258 e. The number of benzene rings is 1. The minimum absolute atomic E-state index is 0.0494. The van der Waals surface area contributed by atoms with E-state index in [-0.39, 0.29) is 6.04 Å². The Bertz CT molecular complexity index is 493. The molecular formula is C15H20F2N2O2. The highest BCUT2D eigenvalue weighted by molar-refractivity contribution is 5.77. The number of amides is 1. The molecule has 1 saturated carbocycles. The molecule has 1 amide bonds. The van der Waals surface area contributed by atoms with Crippen molar-refractivity contribution < 1.29 is 18.3 Å². The number of halogens is 2. The molecule has 2 rings (SSSR count). The summed E-state index contributed by atoms with van der Waals surface area (Å²) < 4.78 is 32.6. The van der Waals surface area contributed by atoms with Gasteiger partial charge in [0.15, 0.2) is 24.0 Å². The Morgan fingerprint density at radius 2 is 1.95 bits per heavy atom. The van der Waals surface area contributed by atoms with Gasteiger partial charge in [-0.15, -0.1) is 0 Å². The second-order valence-corrected chi connectivity index (χ2v) is 5.55. The number of carbonyl (C=O) groups is 1. The lowest BCUT2D eigenvalue weighted by Crippen LogP contribution is -2.34. The average molecular weight is 298 g/mol. The van der Waals surface area contributed by atoms with Crippen LogP contribution in [-0.4, -0.2) is 24.6 Å². The summed E-state index contributed by atoms with van der Waals surface area (Å²) in [5.74, 6) is -2.51. The summed E-state index contributed by atoms with van der Waals surface area (Å²) in [7, 11) is 0. The highest BCUT2D eigenvalue weighted by Gasteiger charge is 2.21. The maximum absolute atomic E-state index is 13.8. The summed E-state index contributed by atoms with van der Waals surface area (Å²) in [5, 5.41) is 5.76.